The first-order valence-corrected chi connectivity index (χ1v) is 13.5. The van der Waals surface area contributed by atoms with Crippen LogP contribution in [0.3, 0.4) is 0 Å². The number of ether oxygens (including phenoxy) is 3. The third-order valence-corrected chi connectivity index (χ3v) is 7.52. The molecule has 0 saturated carbocycles. The topological polar surface area (TPSA) is 116 Å². The first kappa shape index (κ1) is 29.9. The van der Waals surface area contributed by atoms with Crippen molar-refractivity contribution >= 4 is 41.5 Å². The molecule has 0 spiro atoms. The van der Waals surface area contributed by atoms with E-state index in [0.29, 0.717) is 0 Å². The highest BCUT2D eigenvalue weighted by Gasteiger charge is 2.50. The number of carbonyl (C=O) groups is 5. The summed E-state index contributed by atoms with van der Waals surface area (Å²) in [6, 6.07) is 13.1. The molecule has 0 radical (unpaired) electrons. The Kier molecular flexibility index (Phi) is 9.91. The maximum atomic E-state index is 13.6. The van der Waals surface area contributed by atoms with E-state index in [2.05, 4.69) is 0 Å². The van der Waals surface area contributed by atoms with Crippen molar-refractivity contribution in [3.05, 3.63) is 65.2 Å². The Labute approximate surface area is 232 Å². The zero-order valence-corrected chi connectivity index (χ0v) is 23.7. The second-order valence-electron chi connectivity index (χ2n) is 9.58. The Morgan fingerprint density at radius 1 is 0.795 bits per heavy atom. The zero-order chi connectivity index (χ0) is 28.9. The van der Waals surface area contributed by atoms with Crippen molar-refractivity contribution in [2.75, 3.05) is 6.61 Å². The van der Waals surface area contributed by atoms with E-state index < -0.39 is 59.1 Å². The summed E-state index contributed by atoms with van der Waals surface area (Å²) in [6.45, 7) is 8.97. The summed E-state index contributed by atoms with van der Waals surface area (Å²) in [4.78, 5) is 65.4. The summed E-state index contributed by atoms with van der Waals surface area (Å²) in [5, 5.41) is -0.516. The fourth-order valence-electron chi connectivity index (χ4n) is 4.57. The third-order valence-electron chi connectivity index (χ3n) is 6.32. The number of hydrogen-bond acceptors (Lipinski definition) is 9. The maximum absolute atomic E-state index is 13.6. The van der Waals surface area contributed by atoms with Crippen molar-refractivity contribution in [2.24, 2.45) is 5.92 Å². The average molecular weight is 556 g/mol. The molecule has 39 heavy (non-hydrogen) atoms. The second-order valence-corrected chi connectivity index (χ2v) is 11.0. The van der Waals surface area contributed by atoms with Crippen LogP contribution in [0, 0.1) is 12.8 Å². The van der Waals surface area contributed by atoms with E-state index in [1.54, 1.807) is 31.2 Å². The minimum atomic E-state index is -1.26. The summed E-state index contributed by atoms with van der Waals surface area (Å²) in [5.41, 5.74) is 1.54. The van der Waals surface area contributed by atoms with Crippen molar-refractivity contribution in [1.29, 1.82) is 0 Å². The Morgan fingerprint density at radius 2 is 1.31 bits per heavy atom. The second kappa shape index (κ2) is 12.9. The molecular formula is C29H33NO8S. The summed E-state index contributed by atoms with van der Waals surface area (Å²) < 4.78 is 16.6. The molecule has 3 rings (SSSR count). The Hall–Kier alpha value is -3.66. The van der Waals surface area contributed by atoms with Gasteiger partial charge < -0.3 is 14.2 Å². The number of thioether (sulfide) groups is 1. The highest BCUT2D eigenvalue weighted by atomic mass is 32.2. The first-order chi connectivity index (χ1) is 18.4. The number of rotatable bonds is 11. The molecule has 0 aliphatic carbocycles. The SMILES string of the molecule is CC(=O)OCC(C)C(OC(C)=O)C(OC(C)=O)C(C(C)Sc1ccc(C)cc1)N1C(=O)c2ccccc2C1=O. The van der Waals surface area contributed by atoms with Gasteiger partial charge in [-0.2, -0.15) is 0 Å². The van der Waals surface area contributed by atoms with Crippen LogP contribution >= 0.6 is 11.8 Å². The molecule has 5 unspecified atom stereocenters. The van der Waals surface area contributed by atoms with Crippen LogP contribution in [0.2, 0.25) is 0 Å². The van der Waals surface area contributed by atoms with E-state index in [9.17, 15) is 24.0 Å². The van der Waals surface area contributed by atoms with Crippen molar-refractivity contribution in [2.45, 2.75) is 69.9 Å². The quantitative estimate of drug-likeness (QED) is 0.174. The molecular weight excluding hydrogens is 522 g/mol. The molecule has 2 aromatic carbocycles. The van der Waals surface area contributed by atoms with Gasteiger partial charge in [0, 0.05) is 36.8 Å². The van der Waals surface area contributed by atoms with Crippen molar-refractivity contribution in [1.82, 2.24) is 4.90 Å². The molecule has 1 aliphatic rings. The molecule has 2 amide bonds. The molecule has 0 saturated heterocycles. The lowest BCUT2D eigenvalue weighted by Gasteiger charge is -2.41. The van der Waals surface area contributed by atoms with Gasteiger partial charge in [-0.25, -0.2) is 0 Å². The van der Waals surface area contributed by atoms with Crippen LogP contribution in [0.15, 0.2) is 53.4 Å². The Balaban J connectivity index is 2.13. The number of fused-ring (bicyclic) bond motifs is 1. The van der Waals surface area contributed by atoms with Crippen molar-refractivity contribution in [3.8, 4) is 0 Å². The van der Waals surface area contributed by atoms with Gasteiger partial charge in [-0.15, -0.1) is 11.8 Å². The molecule has 0 N–H and O–H groups in total. The lowest BCUT2D eigenvalue weighted by molar-refractivity contribution is -0.177. The van der Waals surface area contributed by atoms with Gasteiger partial charge in [-0.3, -0.25) is 28.9 Å². The number of aryl methyl sites for hydroxylation is 1. The van der Waals surface area contributed by atoms with E-state index in [1.165, 1.54) is 32.5 Å². The lowest BCUT2D eigenvalue weighted by Crippen LogP contribution is -2.59. The van der Waals surface area contributed by atoms with Crippen LogP contribution in [0.5, 0.6) is 0 Å². The van der Waals surface area contributed by atoms with E-state index >= 15 is 0 Å². The number of hydrogen-bond donors (Lipinski definition) is 0. The van der Waals surface area contributed by atoms with Gasteiger partial charge in [-0.05, 0) is 31.2 Å². The zero-order valence-electron chi connectivity index (χ0n) is 22.8. The molecule has 5 atom stereocenters. The van der Waals surface area contributed by atoms with Crippen molar-refractivity contribution < 1.29 is 38.2 Å². The summed E-state index contributed by atoms with van der Waals surface area (Å²) in [7, 11) is 0. The van der Waals surface area contributed by atoms with E-state index in [-0.39, 0.29) is 17.7 Å². The van der Waals surface area contributed by atoms with E-state index in [4.69, 9.17) is 14.2 Å². The van der Waals surface area contributed by atoms with Crippen LogP contribution in [-0.2, 0) is 28.6 Å². The van der Waals surface area contributed by atoms with E-state index in [0.717, 1.165) is 15.4 Å². The van der Waals surface area contributed by atoms with Crippen LogP contribution in [0.4, 0.5) is 0 Å². The molecule has 2 aromatic rings. The van der Waals surface area contributed by atoms with Gasteiger partial charge in [0.05, 0.1) is 23.8 Å². The number of carbonyl (C=O) groups excluding carboxylic acids is 5. The van der Waals surface area contributed by atoms with Gasteiger partial charge in [0.15, 0.2) is 6.10 Å². The van der Waals surface area contributed by atoms with Gasteiger partial charge in [0.25, 0.3) is 11.8 Å². The highest BCUT2D eigenvalue weighted by molar-refractivity contribution is 8.00. The van der Waals surface area contributed by atoms with Gasteiger partial charge >= 0.3 is 17.9 Å². The largest absolute Gasteiger partial charge is 0.465 e. The van der Waals surface area contributed by atoms with Gasteiger partial charge in [0.1, 0.15) is 6.10 Å². The fourth-order valence-corrected chi connectivity index (χ4v) is 5.71. The first-order valence-electron chi connectivity index (χ1n) is 12.6. The number of amides is 2. The monoisotopic (exact) mass is 555 g/mol. The van der Waals surface area contributed by atoms with Crippen LogP contribution in [-0.4, -0.2) is 64.7 Å². The minimum absolute atomic E-state index is 0.140. The van der Waals surface area contributed by atoms with Crippen LogP contribution in [0.25, 0.3) is 0 Å². The Morgan fingerprint density at radius 3 is 1.79 bits per heavy atom. The smallest absolute Gasteiger partial charge is 0.303 e. The van der Waals surface area contributed by atoms with Gasteiger partial charge in [-0.1, -0.05) is 43.7 Å². The summed E-state index contributed by atoms with van der Waals surface area (Å²) in [5.74, 6) is -3.60. The summed E-state index contributed by atoms with van der Waals surface area (Å²) in [6.07, 6.45) is -2.40. The molecule has 0 fully saturated rings. The number of nitrogens with zero attached hydrogens (tertiary/aromatic N) is 1. The van der Waals surface area contributed by atoms with Gasteiger partial charge in [0.2, 0.25) is 0 Å². The summed E-state index contributed by atoms with van der Waals surface area (Å²) >= 11 is 1.39. The molecule has 1 aliphatic heterocycles. The average Bonchev–Trinajstić information content (AvgIpc) is 3.12. The third kappa shape index (κ3) is 7.26. The number of benzene rings is 2. The number of esters is 3. The number of imide groups is 1. The minimum Gasteiger partial charge on any atom is -0.465 e. The van der Waals surface area contributed by atoms with E-state index in [1.807, 2.05) is 38.1 Å². The maximum Gasteiger partial charge on any atom is 0.303 e. The molecule has 9 nitrogen and oxygen atoms in total. The predicted molar refractivity (Wildman–Crippen MR) is 144 cm³/mol. The van der Waals surface area contributed by atoms with Crippen LogP contribution in [0.1, 0.15) is 60.9 Å². The Bertz CT molecular complexity index is 1210. The lowest BCUT2D eigenvalue weighted by atomic mass is 9.92. The normalized spacial score (nSPS) is 16.5. The molecule has 1 heterocycles. The molecule has 10 heteroatoms. The highest BCUT2D eigenvalue weighted by Crippen LogP contribution is 2.36. The molecule has 0 bridgehead atoms. The fraction of sp³-hybridized carbons (Fsp3) is 0.414. The predicted octanol–water partition coefficient (Wildman–Crippen LogP) is 4.20. The van der Waals surface area contributed by atoms with Crippen LogP contribution < -0.4 is 0 Å². The molecule has 208 valence electrons. The van der Waals surface area contributed by atoms with Crippen molar-refractivity contribution in [3.63, 3.8) is 0 Å². The standard InChI is InChI=1S/C29H33NO8S/c1-16-11-13-22(14-12-16)39-18(3)25(30-28(34)23-9-7-8-10-24(23)29(30)35)27(38-21(6)33)26(37-20(5)32)17(2)15-36-19(4)31/h7-14,17-18,25-27H,15H2,1-6H3. The molecule has 0 aromatic heterocycles.